The van der Waals surface area contributed by atoms with Crippen molar-refractivity contribution in [3.8, 4) is 11.8 Å². The predicted molar refractivity (Wildman–Crippen MR) is 84.3 cm³/mol. The summed E-state index contributed by atoms with van der Waals surface area (Å²) in [4.78, 5) is 2.15. The molecule has 2 aromatic carbocycles. The number of nitriles is 1. The third kappa shape index (κ3) is 2.68. The molecule has 0 radical (unpaired) electrons. The molecule has 3 rings (SSSR count). The van der Waals surface area contributed by atoms with E-state index >= 15 is 0 Å². The monoisotopic (exact) mass is 298 g/mol. The molecule has 0 aromatic heterocycles. The van der Waals surface area contributed by atoms with Crippen molar-refractivity contribution in [2.45, 2.75) is 12.3 Å². The van der Waals surface area contributed by atoms with Crippen molar-refractivity contribution >= 4 is 23.0 Å². The molecule has 1 aliphatic heterocycles. The molecule has 0 bridgehead atoms. The number of para-hydroxylation sites is 2. The zero-order valence-electron chi connectivity index (χ0n) is 11.6. The van der Waals surface area contributed by atoms with Crippen LogP contribution in [-0.4, -0.2) is 13.2 Å². The van der Waals surface area contributed by atoms with Gasteiger partial charge in [0.15, 0.2) is 0 Å². The Morgan fingerprint density at radius 2 is 2.05 bits per heavy atom. The highest BCUT2D eigenvalue weighted by Crippen LogP contribution is 2.37. The van der Waals surface area contributed by atoms with Crippen LogP contribution in [-0.2, 0) is 5.88 Å². The zero-order valence-corrected chi connectivity index (χ0v) is 12.3. The molecule has 1 heterocycles. The van der Waals surface area contributed by atoms with Crippen molar-refractivity contribution in [1.82, 2.24) is 0 Å². The van der Waals surface area contributed by atoms with Crippen LogP contribution in [0, 0.1) is 11.3 Å². The molecule has 0 fully saturated rings. The SMILES string of the molecule is N#Cc1cc(CCl)ccc1N1CCCOc2ccccc21. The lowest BCUT2D eigenvalue weighted by Crippen LogP contribution is -2.18. The minimum atomic E-state index is 0.411. The Morgan fingerprint density at radius 3 is 2.86 bits per heavy atom. The van der Waals surface area contributed by atoms with Gasteiger partial charge in [-0.1, -0.05) is 18.2 Å². The number of rotatable bonds is 2. The average molecular weight is 299 g/mol. The molecular formula is C17H15ClN2O. The second-order valence-electron chi connectivity index (χ2n) is 4.92. The third-order valence-corrected chi connectivity index (χ3v) is 3.87. The van der Waals surface area contributed by atoms with Gasteiger partial charge in [-0.05, 0) is 36.2 Å². The maximum atomic E-state index is 9.44. The molecule has 1 aliphatic rings. The number of alkyl halides is 1. The lowest BCUT2D eigenvalue weighted by atomic mass is 10.1. The molecule has 106 valence electrons. The number of hydrogen-bond donors (Lipinski definition) is 0. The molecule has 3 nitrogen and oxygen atoms in total. The van der Waals surface area contributed by atoms with Crippen LogP contribution in [0.3, 0.4) is 0 Å². The Balaban J connectivity index is 2.10. The Hall–Kier alpha value is -2.18. The van der Waals surface area contributed by atoms with Crippen LogP contribution in [0.25, 0.3) is 0 Å². The molecule has 4 heteroatoms. The van der Waals surface area contributed by atoms with Crippen molar-refractivity contribution in [2.75, 3.05) is 18.1 Å². The van der Waals surface area contributed by atoms with Crippen LogP contribution in [0.5, 0.6) is 5.75 Å². The largest absolute Gasteiger partial charge is 0.491 e. The van der Waals surface area contributed by atoms with Crippen molar-refractivity contribution < 1.29 is 4.74 Å². The van der Waals surface area contributed by atoms with Gasteiger partial charge in [0.1, 0.15) is 11.8 Å². The number of nitrogens with zero attached hydrogens (tertiary/aromatic N) is 2. The quantitative estimate of drug-likeness (QED) is 0.779. The average Bonchev–Trinajstić information content (AvgIpc) is 2.76. The van der Waals surface area contributed by atoms with Gasteiger partial charge >= 0.3 is 0 Å². The molecule has 0 N–H and O–H groups in total. The Kier molecular flexibility index (Phi) is 3.98. The summed E-state index contributed by atoms with van der Waals surface area (Å²) in [5.74, 6) is 1.27. The standard InChI is InChI=1S/C17H15ClN2O/c18-11-13-6-7-15(14(10-13)12-19)20-8-3-9-21-17-5-2-1-4-16(17)20/h1-2,4-7,10H,3,8-9,11H2. The summed E-state index contributed by atoms with van der Waals surface area (Å²) in [6, 6.07) is 16.0. The Bertz CT molecular complexity index is 693. The lowest BCUT2D eigenvalue weighted by molar-refractivity contribution is 0.322. The summed E-state index contributed by atoms with van der Waals surface area (Å²) in [6.07, 6.45) is 0.913. The molecule has 0 saturated heterocycles. The van der Waals surface area contributed by atoms with Crippen molar-refractivity contribution in [3.63, 3.8) is 0 Å². The van der Waals surface area contributed by atoms with Gasteiger partial charge in [0, 0.05) is 12.4 Å². The fourth-order valence-corrected chi connectivity index (χ4v) is 2.74. The highest BCUT2D eigenvalue weighted by atomic mass is 35.5. The van der Waals surface area contributed by atoms with Crippen LogP contribution >= 0.6 is 11.6 Å². The summed E-state index contributed by atoms with van der Waals surface area (Å²) >= 11 is 5.86. The number of halogens is 1. The molecule has 0 atom stereocenters. The number of ether oxygens (including phenoxy) is 1. The van der Waals surface area contributed by atoms with E-state index in [-0.39, 0.29) is 0 Å². The topological polar surface area (TPSA) is 36.3 Å². The van der Waals surface area contributed by atoms with Crippen LogP contribution in [0.2, 0.25) is 0 Å². The number of hydrogen-bond acceptors (Lipinski definition) is 3. The van der Waals surface area contributed by atoms with E-state index in [2.05, 4.69) is 11.0 Å². The minimum Gasteiger partial charge on any atom is -0.491 e. The van der Waals surface area contributed by atoms with Crippen LogP contribution < -0.4 is 9.64 Å². The van der Waals surface area contributed by atoms with Gasteiger partial charge < -0.3 is 9.64 Å². The van der Waals surface area contributed by atoms with Crippen molar-refractivity contribution in [1.29, 1.82) is 5.26 Å². The van der Waals surface area contributed by atoms with E-state index in [0.29, 0.717) is 18.1 Å². The van der Waals surface area contributed by atoms with Gasteiger partial charge in [-0.15, -0.1) is 11.6 Å². The number of anilines is 2. The van der Waals surface area contributed by atoms with E-state index in [1.54, 1.807) is 0 Å². The van der Waals surface area contributed by atoms with E-state index in [1.807, 2.05) is 42.5 Å². The van der Waals surface area contributed by atoms with E-state index in [9.17, 15) is 5.26 Å². The first kappa shape index (κ1) is 13.8. The van der Waals surface area contributed by atoms with Gasteiger partial charge in [-0.25, -0.2) is 0 Å². The van der Waals surface area contributed by atoms with Gasteiger partial charge in [-0.3, -0.25) is 0 Å². The smallest absolute Gasteiger partial charge is 0.142 e. The maximum absolute atomic E-state index is 9.44. The van der Waals surface area contributed by atoms with Gasteiger partial charge in [0.05, 0.1) is 23.5 Å². The second kappa shape index (κ2) is 6.07. The highest BCUT2D eigenvalue weighted by Gasteiger charge is 2.19. The summed E-state index contributed by atoms with van der Waals surface area (Å²) in [6.45, 7) is 1.51. The van der Waals surface area contributed by atoms with Crippen LogP contribution in [0.1, 0.15) is 17.5 Å². The molecule has 0 spiro atoms. The van der Waals surface area contributed by atoms with Crippen LogP contribution in [0.4, 0.5) is 11.4 Å². The second-order valence-corrected chi connectivity index (χ2v) is 5.19. The maximum Gasteiger partial charge on any atom is 0.142 e. The fraction of sp³-hybridized carbons (Fsp3) is 0.235. The van der Waals surface area contributed by atoms with Gasteiger partial charge in [0.25, 0.3) is 0 Å². The van der Waals surface area contributed by atoms with E-state index in [4.69, 9.17) is 16.3 Å². The van der Waals surface area contributed by atoms with E-state index < -0.39 is 0 Å². The molecule has 2 aromatic rings. The first-order valence-electron chi connectivity index (χ1n) is 6.92. The highest BCUT2D eigenvalue weighted by molar-refractivity contribution is 6.17. The summed E-state index contributed by atoms with van der Waals surface area (Å²) in [5.41, 5.74) is 3.51. The summed E-state index contributed by atoms with van der Waals surface area (Å²) in [7, 11) is 0. The molecule has 0 amide bonds. The van der Waals surface area contributed by atoms with E-state index in [1.165, 1.54) is 0 Å². The van der Waals surface area contributed by atoms with Crippen molar-refractivity contribution in [2.24, 2.45) is 0 Å². The van der Waals surface area contributed by atoms with E-state index in [0.717, 1.165) is 35.7 Å². The molecule has 0 saturated carbocycles. The molecular weight excluding hydrogens is 284 g/mol. The summed E-state index contributed by atoms with van der Waals surface area (Å²) in [5, 5.41) is 9.44. The van der Waals surface area contributed by atoms with Crippen LogP contribution in [0.15, 0.2) is 42.5 Å². The third-order valence-electron chi connectivity index (χ3n) is 3.57. The Labute approximate surface area is 129 Å². The normalized spacial score (nSPS) is 13.8. The molecule has 0 unspecified atom stereocenters. The van der Waals surface area contributed by atoms with Gasteiger partial charge in [-0.2, -0.15) is 5.26 Å². The first-order chi connectivity index (χ1) is 10.3. The fourth-order valence-electron chi connectivity index (χ4n) is 2.57. The summed E-state index contributed by atoms with van der Waals surface area (Å²) < 4.78 is 5.77. The number of benzene rings is 2. The first-order valence-corrected chi connectivity index (χ1v) is 7.45. The predicted octanol–water partition coefficient (Wildman–Crippen LogP) is 4.22. The zero-order chi connectivity index (χ0) is 14.7. The lowest BCUT2D eigenvalue weighted by Gasteiger charge is -2.25. The van der Waals surface area contributed by atoms with Crippen molar-refractivity contribution in [3.05, 3.63) is 53.6 Å². The Morgan fingerprint density at radius 1 is 1.19 bits per heavy atom. The minimum absolute atomic E-state index is 0.411. The molecule has 21 heavy (non-hydrogen) atoms. The van der Waals surface area contributed by atoms with Gasteiger partial charge in [0.2, 0.25) is 0 Å². The number of fused-ring (bicyclic) bond motifs is 1. The molecule has 0 aliphatic carbocycles.